The summed E-state index contributed by atoms with van der Waals surface area (Å²) in [5, 5.41) is 2.97. The molecule has 0 saturated heterocycles. The summed E-state index contributed by atoms with van der Waals surface area (Å²) in [6.07, 6.45) is 3.18. The molecule has 1 N–H and O–H groups in total. The summed E-state index contributed by atoms with van der Waals surface area (Å²) in [6, 6.07) is 9.75. The molecule has 104 valence electrons. The molecule has 0 atom stereocenters. The van der Waals surface area contributed by atoms with E-state index in [1.165, 1.54) is 6.07 Å². The fraction of sp³-hybridized carbons (Fsp3) is 0.0625. The largest absolute Gasteiger partial charge is 0.355 e. The third-order valence-corrected chi connectivity index (χ3v) is 3.23. The number of hydrogen-bond acceptors (Lipinski definition) is 3. The molecular formula is C16H12FN3O. The number of hydrogen-bond donors (Lipinski definition) is 1. The van der Waals surface area contributed by atoms with Crippen molar-refractivity contribution in [1.82, 2.24) is 15.3 Å². The Balaban J connectivity index is 2.22. The minimum Gasteiger partial charge on any atom is -0.355 e. The lowest BCUT2D eigenvalue weighted by Gasteiger charge is -2.08. The highest BCUT2D eigenvalue weighted by molar-refractivity contribution is 6.00. The molecule has 0 aliphatic rings. The molecule has 0 fully saturated rings. The molecule has 4 nitrogen and oxygen atoms in total. The molecule has 5 heteroatoms. The van der Waals surface area contributed by atoms with Gasteiger partial charge in [-0.2, -0.15) is 0 Å². The molecule has 1 amide bonds. The summed E-state index contributed by atoms with van der Waals surface area (Å²) in [6.45, 7) is 0. The number of amides is 1. The van der Waals surface area contributed by atoms with Gasteiger partial charge in [0.25, 0.3) is 5.91 Å². The SMILES string of the molecule is CNC(=O)c1cccnc1-c1cnc2cccc(F)c2c1. The second-order valence-electron chi connectivity index (χ2n) is 4.51. The summed E-state index contributed by atoms with van der Waals surface area (Å²) < 4.78 is 13.9. The highest BCUT2D eigenvalue weighted by atomic mass is 19.1. The summed E-state index contributed by atoms with van der Waals surface area (Å²) in [5.74, 6) is -0.592. The first-order valence-electron chi connectivity index (χ1n) is 6.42. The van der Waals surface area contributed by atoms with E-state index in [4.69, 9.17) is 0 Å². The van der Waals surface area contributed by atoms with Crippen molar-refractivity contribution in [3.63, 3.8) is 0 Å². The Morgan fingerprint density at radius 3 is 2.86 bits per heavy atom. The van der Waals surface area contributed by atoms with Crippen LogP contribution in [0.4, 0.5) is 4.39 Å². The predicted molar refractivity (Wildman–Crippen MR) is 78.3 cm³/mol. The third-order valence-electron chi connectivity index (χ3n) is 3.23. The number of halogens is 1. The monoisotopic (exact) mass is 281 g/mol. The average Bonchev–Trinajstić information content (AvgIpc) is 2.54. The predicted octanol–water partition coefficient (Wildman–Crippen LogP) is 2.80. The highest BCUT2D eigenvalue weighted by Gasteiger charge is 2.13. The number of benzene rings is 1. The van der Waals surface area contributed by atoms with Crippen LogP contribution in [0.1, 0.15) is 10.4 Å². The van der Waals surface area contributed by atoms with Gasteiger partial charge in [0.2, 0.25) is 0 Å². The minimum absolute atomic E-state index is 0.244. The summed E-state index contributed by atoms with van der Waals surface area (Å²) in [5.41, 5.74) is 2.08. The zero-order valence-corrected chi connectivity index (χ0v) is 11.3. The van der Waals surface area contributed by atoms with Crippen molar-refractivity contribution in [1.29, 1.82) is 0 Å². The van der Waals surface area contributed by atoms with E-state index in [-0.39, 0.29) is 11.7 Å². The average molecular weight is 281 g/mol. The molecule has 0 aliphatic heterocycles. The second kappa shape index (κ2) is 5.28. The molecule has 3 rings (SSSR count). The van der Waals surface area contributed by atoms with E-state index in [0.29, 0.717) is 27.7 Å². The van der Waals surface area contributed by atoms with Crippen molar-refractivity contribution < 1.29 is 9.18 Å². The fourth-order valence-corrected chi connectivity index (χ4v) is 2.20. The molecule has 0 saturated carbocycles. The van der Waals surface area contributed by atoms with Crippen molar-refractivity contribution in [3.8, 4) is 11.3 Å². The van der Waals surface area contributed by atoms with Gasteiger partial charge < -0.3 is 5.32 Å². The maximum atomic E-state index is 13.9. The Bertz CT molecular complexity index is 833. The minimum atomic E-state index is -0.348. The van der Waals surface area contributed by atoms with E-state index in [1.807, 2.05) is 0 Å². The molecule has 2 aromatic heterocycles. The molecule has 3 aromatic rings. The first-order valence-corrected chi connectivity index (χ1v) is 6.42. The number of rotatable bonds is 2. The van der Waals surface area contributed by atoms with Gasteiger partial charge in [-0.3, -0.25) is 14.8 Å². The van der Waals surface area contributed by atoms with Gasteiger partial charge in [-0.1, -0.05) is 6.07 Å². The molecule has 0 unspecified atom stereocenters. The van der Waals surface area contributed by atoms with Crippen LogP contribution in [0.5, 0.6) is 0 Å². The zero-order valence-electron chi connectivity index (χ0n) is 11.3. The first-order chi connectivity index (χ1) is 10.2. The van der Waals surface area contributed by atoms with Crippen molar-refractivity contribution in [3.05, 3.63) is 60.2 Å². The van der Waals surface area contributed by atoms with E-state index >= 15 is 0 Å². The van der Waals surface area contributed by atoms with E-state index < -0.39 is 0 Å². The molecule has 2 heterocycles. The summed E-state index contributed by atoms with van der Waals surface area (Å²) in [4.78, 5) is 20.4. The normalized spacial score (nSPS) is 10.6. The maximum Gasteiger partial charge on any atom is 0.253 e. The Hall–Kier alpha value is -2.82. The van der Waals surface area contributed by atoms with E-state index in [9.17, 15) is 9.18 Å². The van der Waals surface area contributed by atoms with Gasteiger partial charge >= 0.3 is 0 Å². The van der Waals surface area contributed by atoms with Crippen LogP contribution in [0.3, 0.4) is 0 Å². The van der Waals surface area contributed by atoms with Gasteiger partial charge in [-0.05, 0) is 30.3 Å². The van der Waals surface area contributed by atoms with Crippen LogP contribution in [0.15, 0.2) is 48.8 Å². The smallest absolute Gasteiger partial charge is 0.253 e. The van der Waals surface area contributed by atoms with Gasteiger partial charge in [0.1, 0.15) is 5.82 Å². The number of fused-ring (bicyclic) bond motifs is 1. The quantitative estimate of drug-likeness (QED) is 0.786. The molecule has 0 bridgehead atoms. The second-order valence-corrected chi connectivity index (χ2v) is 4.51. The van der Waals surface area contributed by atoms with Crippen molar-refractivity contribution in [2.24, 2.45) is 0 Å². The zero-order chi connectivity index (χ0) is 14.8. The Kier molecular flexibility index (Phi) is 3.31. The lowest BCUT2D eigenvalue weighted by molar-refractivity contribution is 0.0963. The van der Waals surface area contributed by atoms with Gasteiger partial charge in [-0.25, -0.2) is 4.39 Å². The van der Waals surface area contributed by atoms with Crippen LogP contribution in [0.25, 0.3) is 22.2 Å². The van der Waals surface area contributed by atoms with Crippen LogP contribution in [-0.2, 0) is 0 Å². The number of nitrogens with one attached hydrogen (secondary N) is 1. The molecule has 0 radical (unpaired) electrons. The number of carbonyl (C=O) groups excluding carboxylic acids is 1. The van der Waals surface area contributed by atoms with Crippen LogP contribution < -0.4 is 5.32 Å². The number of nitrogens with zero attached hydrogens (tertiary/aromatic N) is 2. The Morgan fingerprint density at radius 2 is 2.05 bits per heavy atom. The molecule has 1 aromatic carbocycles. The molecule has 0 aliphatic carbocycles. The van der Waals surface area contributed by atoms with Crippen molar-refractivity contribution in [2.45, 2.75) is 0 Å². The first kappa shape index (κ1) is 13.2. The maximum absolute atomic E-state index is 13.9. The van der Waals surface area contributed by atoms with Crippen LogP contribution in [0.2, 0.25) is 0 Å². The van der Waals surface area contributed by atoms with E-state index in [0.717, 1.165) is 0 Å². The lowest BCUT2D eigenvalue weighted by Crippen LogP contribution is -2.19. The topological polar surface area (TPSA) is 54.9 Å². The van der Waals surface area contributed by atoms with Crippen LogP contribution >= 0.6 is 0 Å². The van der Waals surface area contributed by atoms with E-state index in [2.05, 4.69) is 15.3 Å². The molecular weight excluding hydrogens is 269 g/mol. The molecule has 21 heavy (non-hydrogen) atoms. The standard InChI is InChI=1S/C16H12FN3O/c1-18-16(21)11-4-3-7-19-15(11)10-8-12-13(17)5-2-6-14(12)20-9-10/h2-9H,1H3,(H,18,21). The van der Waals surface area contributed by atoms with Crippen LogP contribution in [0, 0.1) is 5.82 Å². The fourth-order valence-electron chi connectivity index (χ4n) is 2.20. The molecule has 0 spiro atoms. The van der Waals surface area contributed by atoms with Crippen LogP contribution in [-0.4, -0.2) is 22.9 Å². The van der Waals surface area contributed by atoms with Crippen molar-refractivity contribution >= 4 is 16.8 Å². The Morgan fingerprint density at radius 1 is 1.19 bits per heavy atom. The number of aromatic nitrogens is 2. The van der Waals surface area contributed by atoms with Gasteiger partial charge in [0, 0.05) is 30.4 Å². The van der Waals surface area contributed by atoms with Gasteiger partial charge in [-0.15, -0.1) is 0 Å². The Labute approximate surface area is 120 Å². The lowest BCUT2D eigenvalue weighted by atomic mass is 10.0. The number of carbonyl (C=O) groups is 1. The summed E-state index contributed by atoms with van der Waals surface area (Å²) >= 11 is 0. The van der Waals surface area contributed by atoms with E-state index in [1.54, 1.807) is 49.8 Å². The third kappa shape index (κ3) is 2.33. The number of pyridine rings is 2. The highest BCUT2D eigenvalue weighted by Crippen LogP contribution is 2.25. The van der Waals surface area contributed by atoms with Gasteiger partial charge in [0.05, 0.1) is 16.8 Å². The summed E-state index contributed by atoms with van der Waals surface area (Å²) in [7, 11) is 1.55. The van der Waals surface area contributed by atoms with Crippen molar-refractivity contribution in [2.75, 3.05) is 7.05 Å². The van der Waals surface area contributed by atoms with Gasteiger partial charge in [0.15, 0.2) is 0 Å².